The number of aromatic nitrogens is 1. The number of benzene rings is 1. The first-order chi connectivity index (χ1) is 9.05. The second kappa shape index (κ2) is 5.73. The lowest BCUT2D eigenvalue weighted by Gasteiger charge is -2.19. The van der Waals surface area contributed by atoms with Crippen LogP contribution in [-0.4, -0.2) is 12.3 Å². The van der Waals surface area contributed by atoms with Gasteiger partial charge in [0.15, 0.2) is 6.20 Å². The van der Waals surface area contributed by atoms with Gasteiger partial charge in [-0.1, -0.05) is 25.7 Å². The van der Waals surface area contributed by atoms with Crippen molar-refractivity contribution in [2.75, 3.05) is 12.3 Å². The van der Waals surface area contributed by atoms with E-state index in [-0.39, 0.29) is 0 Å². The van der Waals surface area contributed by atoms with Crippen LogP contribution in [0, 0.1) is 6.92 Å². The number of hydrogen-bond donors (Lipinski definition) is 0. The fourth-order valence-corrected chi connectivity index (χ4v) is 4.81. The van der Waals surface area contributed by atoms with E-state index in [1.165, 1.54) is 21.8 Å². The van der Waals surface area contributed by atoms with Crippen LogP contribution in [-0.2, 0) is 18.4 Å². The van der Waals surface area contributed by atoms with Gasteiger partial charge < -0.3 is 0 Å². The van der Waals surface area contributed by atoms with E-state index in [9.17, 15) is 0 Å². The zero-order valence-corrected chi connectivity index (χ0v) is 14.0. The van der Waals surface area contributed by atoms with Crippen molar-refractivity contribution in [2.45, 2.75) is 34.2 Å². The van der Waals surface area contributed by atoms with Crippen LogP contribution >= 0.6 is 6.04 Å². The van der Waals surface area contributed by atoms with E-state index >= 15 is 0 Å². The van der Waals surface area contributed by atoms with Crippen molar-refractivity contribution in [3.63, 3.8) is 0 Å². The molecule has 0 aliphatic carbocycles. The van der Waals surface area contributed by atoms with Crippen LogP contribution < -0.4 is 9.87 Å². The molecular weight excluding hydrogens is 269 g/mol. The van der Waals surface area contributed by atoms with Gasteiger partial charge in [-0.3, -0.25) is 0 Å². The summed E-state index contributed by atoms with van der Waals surface area (Å²) in [6.45, 7) is 9.85. The molecule has 0 radical (unpaired) electrons. The van der Waals surface area contributed by atoms with Crippen molar-refractivity contribution in [3.8, 4) is 0 Å². The first kappa shape index (κ1) is 14.7. The Balaban J connectivity index is 2.71. The second-order valence-electron chi connectivity index (χ2n) is 5.01. The maximum Gasteiger partial charge on any atom is 0.212 e. The van der Waals surface area contributed by atoms with Crippen LogP contribution in [0.25, 0.3) is 10.9 Å². The molecule has 0 bridgehead atoms. The molecule has 0 atom stereocenters. The molecule has 0 N–H and O–H groups in total. The molecule has 0 unspecified atom stereocenters. The summed E-state index contributed by atoms with van der Waals surface area (Å²) >= 11 is 5.94. The largest absolute Gasteiger partial charge is 0.212 e. The number of nitrogens with zero attached hydrogens (tertiary/aromatic N) is 1. The molecule has 1 aromatic heterocycles. The summed E-state index contributed by atoms with van der Waals surface area (Å²) in [5, 5.41) is 2.76. The van der Waals surface area contributed by atoms with E-state index in [2.05, 4.69) is 62.7 Å². The monoisotopic (exact) mass is 292 g/mol. The van der Waals surface area contributed by atoms with E-state index in [0.717, 1.165) is 18.9 Å². The lowest BCUT2D eigenvalue weighted by atomic mass is 10.1. The zero-order chi connectivity index (χ0) is 14.0. The van der Waals surface area contributed by atoms with Gasteiger partial charge in [0, 0.05) is 17.5 Å². The average Bonchev–Trinajstić information content (AvgIpc) is 2.46. The van der Waals surface area contributed by atoms with Gasteiger partial charge >= 0.3 is 0 Å². The first-order valence-electron chi connectivity index (χ1n) is 7.07. The van der Waals surface area contributed by atoms with Gasteiger partial charge in [0.2, 0.25) is 5.52 Å². The molecule has 0 spiro atoms. The van der Waals surface area contributed by atoms with Gasteiger partial charge in [0.25, 0.3) is 0 Å². The van der Waals surface area contributed by atoms with E-state index < -0.39 is 6.04 Å². The highest BCUT2D eigenvalue weighted by atomic mass is 32.4. The highest BCUT2D eigenvalue weighted by Crippen LogP contribution is 2.44. The van der Waals surface area contributed by atoms with Crippen LogP contribution in [0.1, 0.15) is 26.3 Å². The minimum Gasteiger partial charge on any atom is -0.199 e. The molecule has 2 aromatic rings. The van der Waals surface area contributed by atoms with E-state index in [0.29, 0.717) is 0 Å². The van der Waals surface area contributed by atoms with Gasteiger partial charge in [-0.15, -0.1) is 0 Å². The van der Waals surface area contributed by atoms with E-state index in [4.69, 9.17) is 11.8 Å². The normalized spacial score (nSPS) is 12.0. The lowest BCUT2D eigenvalue weighted by molar-refractivity contribution is -0.667. The molecule has 0 aliphatic heterocycles. The average molecular weight is 292 g/mol. The summed E-state index contributed by atoms with van der Waals surface area (Å²) < 4.78 is 2.30. The van der Waals surface area contributed by atoms with Crippen LogP contribution in [0.5, 0.6) is 0 Å². The molecule has 0 amide bonds. The second-order valence-corrected chi connectivity index (χ2v) is 10.7. The van der Waals surface area contributed by atoms with Crippen LogP contribution in [0.2, 0.25) is 0 Å². The summed E-state index contributed by atoms with van der Waals surface area (Å²) in [5.74, 6) is 0. The third kappa shape index (κ3) is 2.61. The van der Waals surface area contributed by atoms with Gasteiger partial charge in [0.1, 0.15) is 6.54 Å². The Morgan fingerprint density at radius 1 is 1.11 bits per heavy atom. The lowest BCUT2D eigenvalue weighted by Crippen LogP contribution is -2.33. The summed E-state index contributed by atoms with van der Waals surface area (Å²) in [6, 6.07) is 7.72. The Morgan fingerprint density at radius 3 is 2.37 bits per heavy atom. The van der Waals surface area contributed by atoms with E-state index in [1.54, 1.807) is 0 Å². The Hall–Kier alpha value is -0.720. The molecule has 0 saturated carbocycles. The molecule has 3 heteroatoms. The van der Waals surface area contributed by atoms with Crippen molar-refractivity contribution in [2.24, 2.45) is 0 Å². The fourth-order valence-electron chi connectivity index (χ4n) is 2.58. The van der Waals surface area contributed by atoms with Crippen molar-refractivity contribution in [1.29, 1.82) is 0 Å². The Kier molecular flexibility index (Phi) is 4.43. The molecule has 2 rings (SSSR count). The third-order valence-electron chi connectivity index (χ3n) is 4.05. The topological polar surface area (TPSA) is 3.88 Å². The molecule has 0 saturated heterocycles. The molecule has 0 fully saturated rings. The first-order valence-corrected chi connectivity index (χ1v) is 10.2. The van der Waals surface area contributed by atoms with Crippen LogP contribution in [0.4, 0.5) is 0 Å². The van der Waals surface area contributed by atoms with E-state index in [1.807, 2.05) is 0 Å². The molecule has 1 aromatic carbocycles. The fraction of sp³-hybridized carbons (Fsp3) is 0.438. The minimum absolute atomic E-state index is 1.01. The quantitative estimate of drug-likeness (QED) is 0.615. The summed E-state index contributed by atoms with van der Waals surface area (Å²) in [5.41, 5.74) is 2.66. The molecule has 1 heterocycles. The number of aryl methyl sites for hydroxylation is 2. The van der Waals surface area contributed by atoms with Crippen LogP contribution in [0.15, 0.2) is 30.5 Å². The summed E-state index contributed by atoms with van der Waals surface area (Å²) in [4.78, 5) is 0. The Bertz CT molecular complexity index is 640. The smallest absolute Gasteiger partial charge is 0.199 e. The summed E-state index contributed by atoms with van der Waals surface area (Å²) in [7, 11) is 0. The SMILES string of the molecule is CC[n+]1ccc(C)c2cc(P(=S)(CC)CC)ccc21. The summed E-state index contributed by atoms with van der Waals surface area (Å²) in [6.07, 6.45) is 4.40. The highest BCUT2D eigenvalue weighted by molar-refractivity contribution is 8.18. The standard InChI is InChI=1S/C16H23NPS/c1-5-17-11-10-13(4)15-12-14(8-9-16(15)17)18(19,6-2)7-3/h8-12H,5-7H2,1-4H3/q+1. The predicted molar refractivity (Wildman–Crippen MR) is 89.6 cm³/mol. The molecule has 1 nitrogen and oxygen atoms in total. The third-order valence-corrected chi connectivity index (χ3v) is 9.50. The number of fused-ring (bicyclic) bond motifs is 1. The van der Waals surface area contributed by atoms with Crippen molar-refractivity contribution in [3.05, 3.63) is 36.0 Å². The molecule has 0 aliphatic rings. The number of rotatable bonds is 4. The predicted octanol–water partition coefficient (Wildman–Crippen LogP) is 3.60. The number of pyridine rings is 1. The minimum atomic E-state index is -1.36. The van der Waals surface area contributed by atoms with Crippen molar-refractivity contribution < 1.29 is 4.57 Å². The number of hydrogen-bond acceptors (Lipinski definition) is 1. The van der Waals surface area contributed by atoms with Gasteiger partial charge in [0.05, 0.1) is 0 Å². The highest BCUT2D eigenvalue weighted by Gasteiger charge is 2.18. The maximum absolute atomic E-state index is 5.94. The maximum atomic E-state index is 5.94. The zero-order valence-electron chi connectivity index (χ0n) is 12.3. The molecule has 102 valence electrons. The van der Waals surface area contributed by atoms with Gasteiger partial charge in [-0.05, 0) is 55.2 Å². The van der Waals surface area contributed by atoms with Gasteiger partial charge in [-0.25, -0.2) is 0 Å². The van der Waals surface area contributed by atoms with Gasteiger partial charge in [-0.2, -0.15) is 4.57 Å². The molecular formula is C16H23NPS+. The Labute approximate surface area is 121 Å². The molecule has 19 heavy (non-hydrogen) atoms. The Morgan fingerprint density at radius 2 is 1.79 bits per heavy atom. The van der Waals surface area contributed by atoms with Crippen molar-refractivity contribution in [1.82, 2.24) is 0 Å². The van der Waals surface area contributed by atoms with Crippen molar-refractivity contribution >= 4 is 34.1 Å². The van der Waals surface area contributed by atoms with Crippen LogP contribution in [0.3, 0.4) is 0 Å².